The molecule has 0 fully saturated rings. The van der Waals surface area contributed by atoms with Crippen LogP contribution in [0.2, 0.25) is 0 Å². The second-order valence-electron chi connectivity index (χ2n) is 5.94. The van der Waals surface area contributed by atoms with Gasteiger partial charge in [0, 0.05) is 25.2 Å². The summed E-state index contributed by atoms with van der Waals surface area (Å²) in [4.78, 5) is 7.03. The third-order valence-corrected chi connectivity index (χ3v) is 4.34. The van der Waals surface area contributed by atoms with Crippen LogP contribution in [-0.2, 0) is 0 Å². The van der Waals surface area contributed by atoms with E-state index in [1.165, 1.54) is 0 Å². The van der Waals surface area contributed by atoms with Gasteiger partial charge in [-0.25, -0.2) is 4.99 Å². The van der Waals surface area contributed by atoms with Crippen LogP contribution < -0.4 is 0 Å². The fourth-order valence-corrected chi connectivity index (χ4v) is 2.45. The maximum Gasteiger partial charge on any atom is 0.126 e. The smallest absolute Gasteiger partial charge is 0.126 e. The molecular formula is C21H23IN2. The van der Waals surface area contributed by atoms with E-state index in [1.807, 2.05) is 61.5 Å². The van der Waals surface area contributed by atoms with E-state index in [-0.39, 0.29) is 3.42 Å². The lowest BCUT2D eigenvalue weighted by atomic mass is 10.0. The maximum absolute atomic E-state index is 5.00. The molecule has 1 atom stereocenters. The molecule has 2 rings (SSSR count). The minimum Gasteiger partial charge on any atom is -0.363 e. The van der Waals surface area contributed by atoms with Crippen molar-refractivity contribution in [2.75, 3.05) is 14.1 Å². The maximum atomic E-state index is 5.00. The molecule has 0 aromatic heterocycles. The molecular weight excluding hydrogens is 407 g/mol. The van der Waals surface area contributed by atoms with E-state index in [0.717, 1.165) is 22.7 Å². The zero-order valence-corrected chi connectivity index (χ0v) is 16.6. The second-order valence-corrected chi connectivity index (χ2v) is 8.27. The highest BCUT2D eigenvalue weighted by Crippen LogP contribution is 2.24. The summed E-state index contributed by atoms with van der Waals surface area (Å²) in [5.74, 6) is 0.912. The molecule has 0 radical (unpaired) electrons. The van der Waals surface area contributed by atoms with Crippen LogP contribution in [-0.4, -0.2) is 28.1 Å². The minimum absolute atomic E-state index is 0.153. The van der Waals surface area contributed by atoms with Gasteiger partial charge in [0.2, 0.25) is 0 Å². The summed E-state index contributed by atoms with van der Waals surface area (Å²) in [6.45, 7) is 6.04. The van der Waals surface area contributed by atoms with Gasteiger partial charge in [-0.15, -0.1) is 6.58 Å². The number of hydrogen-bond donors (Lipinski definition) is 0. The van der Waals surface area contributed by atoms with E-state index in [9.17, 15) is 0 Å². The molecule has 0 aliphatic heterocycles. The van der Waals surface area contributed by atoms with E-state index in [1.54, 1.807) is 0 Å². The summed E-state index contributed by atoms with van der Waals surface area (Å²) >= 11 is 2.37. The fourth-order valence-electron chi connectivity index (χ4n) is 2.18. The summed E-state index contributed by atoms with van der Waals surface area (Å²) in [5, 5.41) is 0. The van der Waals surface area contributed by atoms with Crippen LogP contribution in [0.5, 0.6) is 0 Å². The van der Waals surface area contributed by atoms with Gasteiger partial charge in [-0.3, -0.25) is 0 Å². The Morgan fingerprint density at radius 2 is 1.46 bits per heavy atom. The van der Waals surface area contributed by atoms with Crippen LogP contribution in [0.25, 0.3) is 0 Å². The topological polar surface area (TPSA) is 15.6 Å². The number of benzene rings is 2. The highest BCUT2D eigenvalue weighted by atomic mass is 127. The first-order valence-corrected chi connectivity index (χ1v) is 8.93. The van der Waals surface area contributed by atoms with Gasteiger partial charge in [-0.1, -0.05) is 89.3 Å². The number of hydrogen-bond acceptors (Lipinski definition) is 2. The highest BCUT2D eigenvalue weighted by Gasteiger charge is 2.15. The predicted octanol–water partition coefficient (Wildman–Crippen LogP) is 5.31. The molecule has 2 aromatic carbocycles. The molecule has 0 heterocycles. The van der Waals surface area contributed by atoms with Gasteiger partial charge in [0.05, 0.1) is 9.13 Å². The van der Waals surface area contributed by atoms with Gasteiger partial charge in [0.1, 0.15) is 5.82 Å². The molecule has 0 spiro atoms. The lowest BCUT2D eigenvalue weighted by molar-refractivity contribution is 0.503. The van der Waals surface area contributed by atoms with Crippen molar-refractivity contribution in [2.45, 2.75) is 10.3 Å². The molecule has 0 N–H and O–H groups in total. The molecule has 2 aromatic rings. The van der Waals surface area contributed by atoms with Gasteiger partial charge in [-0.05, 0) is 13.0 Å². The van der Waals surface area contributed by atoms with Gasteiger partial charge in [0.25, 0.3) is 0 Å². The van der Waals surface area contributed by atoms with E-state index < -0.39 is 0 Å². The summed E-state index contributed by atoms with van der Waals surface area (Å²) in [6, 6.07) is 20.6. The molecule has 24 heavy (non-hydrogen) atoms. The number of nitrogens with zero attached hydrogens (tertiary/aromatic N) is 2. The SMILES string of the molecule is C=CC(C)(I)/C=C(/N=C(c1ccccc1)c1ccccc1)N(C)C. The van der Waals surface area contributed by atoms with Crippen molar-refractivity contribution in [2.24, 2.45) is 4.99 Å². The Kier molecular flexibility index (Phi) is 6.37. The van der Waals surface area contributed by atoms with Crippen LogP contribution in [0.3, 0.4) is 0 Å². The molecule has 0 aliphatic rings. The average molecular weight is 430 g/mol. The number of alkyl halides is 1. The minimum atomic E-state index is -0.153. The fraction of sp³-hybridized carbons (Fsp3) is 0.190. The molecule has 2 nitrogen and oxygen atoms in total. The largest absolute Gasteiger partial charge is 0.363 e. The Morgan fingerprint density at radius 3 is 1.83 bits per heavy atom. The van der Waals surface area contributed by atoms with Crippen molar-refractivity contribution in [3.8, 4) is 0 Å². The van der Waals surface area contributed by atoms with Crippen LogP contribution in [0, 0.1) is 0 Å². The van der Waals surface area contributed by atoms with Crippen LogP contribution >= 0.6 is 22.6 Å². The third kappa shape index (κ3) is 5.06. The molecule has 0 aliphatic carbocycles. The Bertz CT molecular complexity index is 687. The van der Waals surface area contributed by atoms with Crippen molar-refractivity contribution in [1.29, 1.82) is 0 Å². The quantitative estimate of drug-likeness (QED) is 0.263. The number of rotatable bonds is 6. The Balaban J connectivity index is 2.61. The van der Waals surface area contributed by atoms with Crippen LogP contribution in [0.15, 0.2) is 90.2 Å². The lowest BCUT2D eigenvalue weighted by Gasteiger charge is -2.20. The van der Waals surface area contributed by atoms with E-state index in [2.05, 4.69) is 66.4 Å². The van der Waals surface area contributed by atoms with E-state index in [0.29, 0.717) is 0 Å². The highest BCUT2D eigenvalue weighted by molar-refractivity contribution is 14.1. The molecule has 1 unspecified atom stereocenters. The first-order valence-electron chi connectivity index (χ1n) is 7.85. The Morgan fingerprint density at radius 1 is 1.00 bits per heavy atom. The van der Waals surface area contributed by atoms with Crippen molar-refractivity contribution in [1.82, 2.24) is 4.90 Å². The van der Waals surface area contributed by atoms with Gasteiger partial charge in [0.15, 0.2) is 0 Å². The van der Waals surface area contributed by atoms with Gasteiger partial charge >= 0.3 is 0 Å². The first kappa shape index (κ1) is 18.5. The van der Waals surface area contributed by atoms with Gasteiger partial charge in [-0.2, -0.15) is 0 Å². The number of halogens is 1. The van der Waals surface area contributed by atoms with Crippen molar-refractivity contribution in [3.63, 3.8) is 0 Å². The third-order valence-electron chi connectivity index (χ3n) is 3.59. The average Bonchev–Trinajstić information content (AvgIpc) is 2.60. The zero-order chi connectivity index (χ0) is 17.6. The zero-order valence-electron chi connectivity index (χ0n) is 14.4. The van der Waals surface area contributed by atoms with Gasteiger partial charge < -0.3 is 4.90 Å². The molecule has 0 bridgehead atoms. The number of aliphatic imine (C=N–C) groups is 1. The Labute approximate surface area is 158 Å². The van der Waals surface area contributed by atoms with E-state index in [4.69, 9.17) is 4.99 Å². The van der Waals surface area contributed by atoms with Crippen LogP contribution in [0.1, 0.15) is 18.1 Å². The predicted molar refractivity (Wildman–Crippen MR) is 113 cm³/mol. The molecule has 0 amide bonds. The van der Waals surface area contributed by atoms with Crippen molar-refractivity contribution < 1.29 is 0 Å². The summed E-state index contributed by atoms with van der Waals surface area (Å²) < 4.78 is -0.153. The van der Waals surface area contributed by atoms with Crippen LogP contribution in [0.4, 0.5) is 0 Å². The normalized spacial score (nSPS) is 13.8. The summed E-state index contributed by atoms with van der Waals surface area (Å²) in [7, 11) is 4.03. The molecule has 124 valence electrons. The standard InChI is InChI=1S/C21H23IN2/c1-5-21(2,22)16-19(24(3)4)23-20(17-12-8-6-9-13-17)18-14-10-7-11-15-18/h5-16H,1H2,2-4H3/b19-16-. The molecule has 0 saturated heterocycles. The van der Waals surface area contributed by atoms with Crippen molar-refractivity contribution in [3.05, 3.63) is 96.3 Å². The monoisotopic (exact) mass is 430 g/mol. The summed E-state index contributed by atoms with van der Waals surface area (Å²) in [6.07, 6.45) is 4.06. The first-order chi connectivity index (χ1) is 11.4. The van der Waals surface area contributed by atoms with Crippen molar-refractivity contribution >= 4 is 28.3 Å². The van der Waals surface area contributed by atoms with E-state index >= 15 is 0 Å². The Hall–Kier alpha value is -1.88. The molecule has 0 saturated carbocycles. The summed E-state index contributed by atoms with van der Waals surface area (Å²) in [5.41, 5.74) is 3.17. The lowest BCUT2D eigenvalue weighted by Crippen LogP contribution is -2.17. The molecule has 3 heteroatoms. The number of allylic oxidation sites excluding steroid dienone is 2. The second kappa shape index (κ2) is 8.29.